The van der Waals surface area contributed by atoms with E-state index >= 15 is 0 Å². The highest BCUT2D eigenvalue weighted by Gasteiger charge is 2.35. The number of carbonyl (C=O) groups excluding carboxylic acids is 1. The number of aryl methyl sites for hydroxylation is 1. The second kappa shape index (κ2) is 10.2. The maximum absolute atomic E-state index is 13.9. The Kier molecular flexibility index (Phi) is 6.87. The summed E-state index contributed by atoms with van der Waals surface area (Å²) in [6.07, 6.45) is -1.24. The number of carbonyl (C=O) groups is 1. The third kappa shape index (κ3) is 6.47. The van der Waals surface area contributed by atoms with Gasteiger partial charge in [0.2, 0.25) is 0 Å². The number of halogens is 3. The number of hydrogen-bond donors (Lipinski definition) is 4. The average Bonchev–Trinajstić information content (AvgIpc) is 3.58. The fourth-order valence-corrected chi connectivity index (χ4v) is 4.00. The molecule has 1 saturated heterocycles. The molecular weight excluding hydrogens is 491 g/mol. The Morgan fingerprint density at radius 3 is 2.59 bits per heavy atom. The van der Waals surface area contributed by atoms with Gasteiger partial charge in [-0.2, -0.15) is 23.3 Å². The average molecular weight is 518 g/mol. The van der Waals surface area contributed by atoms with Crippen molar-refractivity contribution in [1.29, 1.82) is 0 Å². The minimum atomic E-state index is -4.75. The first-order valence-corrected chi connectivity index (χ1v) is 12.0. The number of amides is 2. The summed E-state index contributed by atoms with van der Waals surface area (Å²) in [5, 5.41) is 15.4. The molecule has 1 saturated carbocycles. The number of urea groups is 1. The molecule has 13 heteroatoms. The second-order valence-electron chi connectivity index (χ2n) is 9.08. The lowest BCUT2D eigenvalue weighted by atomic mass is 10.1. The molecule has 1 aliphatic carbocycles. The van der Waals surface area contributed by atoms with E-state index < -0.39 is 23.5 Å². The van der Waals surface area contributed by atoms with Gasteiger partial charge in [0.05, 0.1) is 0 Å². The van der Waals surface area contributed by atoms with Gasteiger partial charge in [-0.05, 0) is 50.8 Å². The van der Waals surface area contributed by atoms with Crippen molar-refractivity contribution in [2.75, 3.05) is 23.8 Å². The van der Waals surface area contributed by atoms with Crippen LogP contribution < -0.4 is 20.7 Å². The molecular formula is C24H26F3N7O3. The Hall–Kier alpha value is -3.87. The molecule has 37 heavy (non-hydrogen) atoms. The van der Waals surface area contributed by atoms with E-state index in [0.717, 1.165) is 30.7 Å². The van der Waals surface area contributed by atoms with Gasteiger partial charge in [-0.1, -0.05) is 0 Å². The highest BCUT2D eigenvalue weighted by molar-refractivity contribution is 5.89. The summed E-state index contributed by atoms with van der Waals surface area (Å²) >= 11 is 0. The van der Waals surface area contributed by atoms with Crippen LogP contribution in [0.2, 0.25) is 0 Å². The molecule has 3 heterocycles. The molecule has 1 aromatic carbocycles. The van der Waals surface area contributed by atoms with Crippen molar-refractivity contribution < 1.29 is 27.4 Å². The van der Waals surface area contributed by atoms with E-state index in [-0.39, 0.29) is 17.7 Å². The number of ether oxygens (including phenoxy) is 2. The Balaban J connectivity index is 1.31. The highest BCUT2D eigenvalue weighted by Crippen LogP contribution is 2.40. The van der Waals surface area contributed by atoms with Crippen molar-refractivity contribution in [3.63, 3.8) is 0 Å². The van der Waals surface area contributed by atoms with Gasteiger partial charge >= 0.3 is 18.2 Å². The van der Waals surface area contributed by atoms with Crippen molar-refractivity contribution in [2.24, 2.45) is 0 Å². The number of alkyl halides is 3. The first kappa shape index (κ1) is 24.8. The van der Waals surface area contributed by atoms with Crippen LogP contribution in [0.1, 0.15) is 48.6 Å². The lowest BCUT2D eigenvalue weighted by Crippen LogP contribution is -2.41. The molecule has 5 rings (SSSR count). The predicted octanol–water partition coefficient (Wildman–Crippen LogP) is 5.24. The summed E-state index contributed by atoms with van der Waals surface area (Å²) in [4.78, 5) is 20.6. The van der Waals surface area contributed by atoms with Gasteiger partial charge in [0.1, 0.15) is 17.1 Å². The van der Waals surface area contributed by atoms with E-state index in [1.54, 1.807) is 13.0 Å². The normalized spacial score (nSPS) is 16.3. The number of nitrogens with zero attached hydrogens (tertiary/aromatic N) is 3. The number of H-pyrrole nitrogens is 1. The molecule has 0 unspecified atom stereocenters. The van der Waals surface area contributed by atoms with Gasteiger partial charge in [-0.15, -0.1) is 0 Å². The maximum Gasteiger partial charge on any atom is 0.420 e. The molecule has 196 valence electrons. The monoisotopic (exact) mass is 517 g/mol. The third-order valence-corrected chi connectivity index (χ3v) is 6.01. The van der Waals surface area contributed by atoms with Crippen molar-refractivity contribution in [3.8, 4) is 11.8 Å². The van der Waals surface area contributed by atoms with Gasteiger partial charge in [-0.3, -0.25) is 5.10 Å². The minimum Gasteiger partial charge on any atom is -0.424 e. The van der Waals surface area contributed by atoms with Gasteiger partial charge in [0.15, 0.2) is 5.82 Å². The zero-order valence-electron chi connectivity index (χ0n) is 20.0. The molecule has 0 spiro atoms. The Morgan fingerprint density at radius 1 is 1.08 bits per heavy atom. The molecule has 3 aromatic rings. The summed E-state index contributed by atoms with van der Waals surface area (Å²) < 4.78 is 52.3. The van der Waals surface area contributed by atoms with Crippen LogP contribution in [-0.4, -0.2) is 45.5 Å². The number of rotatable bonds is 7. The summed E-state index contributed by atoms with van der Waals surface area (Å²) in [5.74, 6) is 0.861. The SMILES string of the molecule is Cc1cc(Nc2cc(C3CC3)[nH]n2)nc(Oc2ccc(NC(=O)NC3CCOCC3)cc2C(F)(F)F)n1. The van der Waals surface area contributed by atoms with Crippen molar-refractivity contribution in [1.82, 2.24) is 25.5 Å². The lowest BCUT2D eigenvalue weighted by molar-refractivity contribution is -0.138. The smallest absolute Gasteiger partial charge is 0.420 e. The van der Waals surface area contributed by atoms with Gasteiger partial charge in [0.25, 0.3) is 0 Å². The Morgan fingerprint density at radius 2 is 1.86 bits per heavy atom. The quantitative estimate of drug-likeness (QED) is 0.338. The molecule has 4 N–H and O–H groups in total. The van der Waals surface area contributed by atoms with Crippen LogP contribution in [0.3, 0.4) is 0 Å². The summed E-state index contributed by atoms with van der Waals surface area (Å²) in [5.41, 5.74) is 0.413. The molecule has 2 aromatic heterocycles. The molecule has 0 atom stereocenters. The van der Waals surface area contributed by atoms with E-state index in [4.69, 9.17) is 9.47 Å². The summed E-state index contributed by atoms with van der Waals surface area (Å²) in [6, 6.07) is 5.83. The molecule has 0 radical (unpaired) electrons. The number of benzene rings is 1. The maximum atomic E-state index is 13.9. The van der Waals surface area contributed by atoms with Gasteiger partial charge in [0, 0.05) is 54.4 Å². The fraction of sp³-hybridized carbons (Fsp3) is 0.417. The number of aromatic amines is 1. The number of anilines is 3. The molecule has 2 aliphatic rings. The van der Waals surface area contributed by atoms with Crippen LogP contribution in [0.25, 0.3) is 0 Å². The first-order valence-electron chi connectivity index (χ1n) is 12.0. The van der Waals surface area contributed by atoms with E-state index in [9.17, 15) is 18.0 Å². The standard InChI is InChI=1S/C24H26F3N7O3/c1-13-10-20(31-21-12-18(33-34-21)14-2-3-14)32-23(28-13)37-19-5-4-16(11-17(19)24(25,26)27)30-22(35)29-15-6-8-36-9-7-15/h4-5,10-12,14-15H,2-3,6-9H2,1H3,(H2,29,30,35)(H2,28,31,32,33,34). The van der Waals surface area contributed by atoms with Gasteiger partial charge < -0.3 is 25.4 Å². The molecule has 10 nitrogen and oxygen atoms in total. The number of nitrogens with one attached hydrogen (secondary N) is 4. The fourth-order valence-electron chi connectivity index (χ4n) is 4.00. The van der Waals surface area contributed by atoms with Crippen LogP contribution in [0.15, 0.2) is 30.3 Å². The highest BCUT2D eigenvalue weighted by atomic mass is 19.4. The van der Waals surface area contributed by atoms with E-state index in [0.29, 0.717) is 49.3 Å². The zero-order valence-corrected chi connectivity index (χ0v) is 20.0. The molecule has 0 bridgehead atoms. The minimum absolute atomic E-state index is 0.0262. The summed E-state index contributed by atoms with van der Waals surface area (Å²) in [6.45, 7) is 2.72. The second-order valence-corrected chi connectivity index (χ2v) is 9.08. The first-order chi connectivity index (χ1) is 17.7. The summed E-state index contributed by atoms with van der Waals surface area (Å²) in [7, 11) is 0. The number of hydrogen-bond acceptors (Lipinski definition) is 7. The van der Waals surface area contributed by atoms with Crippen LogP contribution in [0.5, 0.6) is 11.8 Å². The van der Waals surface area contributed by atoms with E-state index in [1.165, 1.54) is 6.07 Å². The third-order valence-electron chi connectivity index (χ3n) is 6.01. The Labute approximate surface area is 210 Å². The lowest BCUT2D eigenvalue weighted by Gasteiger charge is -2.23. The Bertz CT molecular complexity index is 1270. The van der Waals surface area contributed by atoms with Crippen LogP contribution in [-0.2, 0) is 10.9 Å². The van der Waals surface area contributed by atoms with Crippen LogP contribution in [0.4, 0.5) is 35.3 Å². The van der Waals surface area contributed by atoms with Crippen molar-refractivity contribution >= 4 is 23.4 Å². The topological polar surface area (TPSA) is 126 Å². The zero-order chi connectivity index (χ0) is 26.0. The van der Waals surface area contributed by atoms with Crippen LogP contribution >= 0.6 is 0 Å². The van der Waals surface area contributed by atoms with Crippen molar-refractivity contribution in [2.45, 2.75) is 50.7 Å². The molecule has 2 amide bonds. The number of aromatic nitrogens is 4. The van der Waals surface area contributed by atoms with Gasteiger partial charge in [-0.25, -0.2) is 9.78 Å². The van der Waals surface area contributed by atoms with Crippen LogP contribution in [0, 0.1) is 6.92 Å². The molecule has 2 fully saturated rings. The van der Waals surface area contributed by atoms with E-state index in [1.807, 2.05) is 6.07 Å². The predicted molar refractivity (Wildman–Crippen MR) is 128 cm³/mol. The van der Waals surface area contributed by atoms with Crippen molar-refractivity contribution in [3.05, 3.63) is 47.3 Å². The van der Waals surface area contributed by atoms with E-state index in [2.05, 4.69) is 36.1 Å². The molecule has 1 aliphatic heterocycles. The largest absolute Gasteiger partial charge is 0.424 e.